The monoisotopic (exact) mass is 355 g/mol. The minimum absolute atomic E-state index is 0.0208. The van der Waals surface area contributed by atoms with Gasteiger partial charge in [0.2, 0.25) is 5.91 Å². The first-order valence-corrected chi connectivity index (χ1v) is 9.39. The van der Waals surface area contributed by atoms with Gasteiger partial charge in [-0.1, -0.05) is 48.5 Å². The summed E-state index contributed by atoms with van der Waals surface area (Å²) in [6.07, 6.45) is 0.930. The van der Waals surface area contributed by atoms with Gasteiger partial charge in [0, 0.05) is 28.8 Å². The van der Waals surface area contributed by atoms with Gasteiger partial charge < -0.3 is 15.6 Å². The van der Waals surface area contributed by atoms with Crippen LogP contribution in [0.5, 0.6) is 0 Å². The third-order valence-corrected chi connectivity index (χ3v) is 5.43. The molecule has 0 saturated heterocycles. The molecule has 0 radical (unpaired) electrons. The number of aromatic amines is 1. The van der Waals surface area contributed by atoms with Crippen molar-refractivity contribution in [1.29, 1.82) is 0 Å². The Morgan fingerprint density at radius 3 is 2.70 bits per heavy atom. The number of amides is 1. The molecule has 3 aromatic carbocycles. The highest BCUT2D eigenvalue weighted by Gasteiger charge is 2.28. The second kappa shape index (κ2) is 6.56. The largest absolute Gasteiger partial charge is 0.357 e. The number of anilines is 1. The second-order valence-corrected chi connectivity index (χ2v) is 7.12. The molecule has 1 aliphatic heterocycles. The molecule has 4 nitrogen and oxygen atoms in total. The van der Waals surface area contributed by atoms with Crippen LogP contribution in [0.15, 0.2) is 66.7 Å². The van der Waals surface area contributed by atoms with Crippen molar-refractivity contribution >= 4 is 33.3 Å². The average Bonchev–Trinajstić information content (AvgIpc) is 2.92. The van der Waals surface area contributed by atoms with Gasteiger partial charge in [-0.3, -0.25) is 4.79 Å². The molecule has 5 rings (SSSR count). The number of H-pyrrole nitrogens is 1. The molecule has 0 aliphatic carbocycles. The minimum Gasteiger partial charge on any atom is -0.357 e. The van der Waals surface area contributed by atoms with E-state index in [1.807, 2.05) is 36.4 Å². The second-order valence-electron chi connectivity index (χ2n) is 7.12. The number of carbonyl (C=O) groups excluding carboxylic acids is 1. The van der Waals surface area contributed by atoms with Gasteiger partial charge in [-0.2, -0.15) is 0 Å². The minimum atomic E-state index is -0.235. The van der Waals surface area contributed by atoms with Gasteiger partial charge in [0.15, 0.2) is 0 Å². The molecule has 2 heterocycles. The highest BCUT2D eigenvalue weighted by Crippen LogP contribution is 2.30. The fourth-order valence-electron chi connectivity index (χ4n) is 4.07. The van der Waals surface area contributed by atoms with E-state index in [2.05, 4.69) is 45.9 Å². The van der Waals surface area contributed by atoms with Crippen LogP contribution in [0.4, 0.5) is 5.69 Å². The Morgan fingerprint density at radius 1 is 0.963 bits per heavy atom. The van der Waals surface area contributed by atoms with E-state index in [4.69, 9.17) is 0 Å². The van der Waals surface area contributed by atoms with Crippen molar-refractivity contribution in [3.63, 3.8) is 0 Å². The number of aromatic nitrogens is 1. The molecule has 0 saturated carbocycles. The van der Waals surface area contributed by atoms with E-state index in [1.165, 1.54) is 16.3 Å². The maximum atomic E-state index is 13.1. The smallest absolute Gasteiger partial charge is 0.234 e. The molecule has 1 unspecified atom stereocenters. The van der Waals surface area contributed by atoms with E-state index in [0.29, 0.717) is 6.54 Å². The predicted octanol–water partition coefficient (Wildman–Crippen LogP) is 4.19. The zero-order valence-corrected chi connectivity index (χ0v) is 15.0. The summed E-state index contributed by atoms with van der Waals surface area (Å²) in [6, 6.07) is 22.5. The first kappa shape index (κ1) is 16.1. The molecule has 1 amide bonds. The zero-order chi connectivity index (χ0) is 18.2. The van der Waals surface area contributed by atoms with Crippen molar-refractivity contribution in [1.82, 2.24) is 10.3 Å². The number of benzene rings is 3. The van der Waals surface area contributed by atoms with Crippen molar-refractivity contribution in [2.45, 2.75) is 12.3 Å². The SMILES string of the molecule is O=C(Nc1ccc2ccccc2c1)C1CNCCc2c1[nH]c1ccccc21. The van der Waals surface area contributed by atoms with Gasteiger partial charge in [0.1, 0.15) is 0 Å². The zero-order valence-electron chi connectivity index (χ0n) is 15.0. The fraction of sp³-hybridized carbons (Fsp3) is 0.174. The van der Waals surface area contributed by atoms with Crippen LogP contribution in [-0.4, -0.2) is 24.0 Å². The van der Waals surface area contributed by atoms with Gasteiger partial charge in [0.05, 0.1) is 5.92 Å². The van der Waals surface area contributed by atoms with Crippen molar-refractivity contribution in [2.75, 3.05) is 18.4 Å². The molecule has 4 heteroatoms. The van der Waals surface area contributed by atoms with Crippen molar-refractivity contribution < 1.29 is 4.79 Å². The summed E-state index contributed by atoms with van der Waals surface area (Å²) in [5, 5.41) is 10.0. The van der Waals surface area contributed by atoms with Crippen molar-refractivity contribution in [3.05, 3.63) is 78.0 Å². The molecule has 0 fully saturated rings. The fourth-order valence-corrected chi connectivity index (χ4v) is 4.07. The molecule has 1 aliphatic rings. The number of hydrogen-bond donors (Lipinski definition) is 3. The third kappa shape index (κ3) is 2.88. The van der Waals surface area contributed by atoms with Gasteiger partial charge in [-0.25, -0.2) is 0 Å². The summed E-state index contributed by atoms with van der Waals surface area (Å²) >= 11 is 0. The highest BCUT2D eigenvalue weighted by atomic mass is 16.1. The summed E-state index contributed by atoms with van der Waals surface area (Å²) in [5.74, 6) is -0.214. The van der Waals surface area contributed by atoms with Gasteiger partial charge in [-0.15, -0.1) is 0 Å². The van der Waals surface area contributed by atoms with Gasteiger partial charge in [0.25, 0.3) is 0 Å². The van der Waals surface area contributed by atoms with E-state index < -0.39 is 0 Å². The molecule has 4 aromatic rings. The molecular weight excluding hydrogens is 334 g/mol. The predicted molar refractivity (Wildman–Crippen MR) is 110 cm³/mol. The van der Waals surface area contributed by atoms with E-state index in [1.54, 1.807) is 0 Å². The van der Waals surface area contributed by atoms with E-state index >= 15 is 0 Å². The lowest BCUT2D eigenvalue weighted by molar-refractivity contribution is -0.117. The Kier molecular flexibility index (Phi) is 3.91. The molecule has 1 atom stereocenters. The third-order valence-electron chi connectivity index (χ3n) is 5.43. The molecule has 3 N–H and O–H groups in total. The standard InChI is InChI=1S/C23H21N3O/c27-23(25-17-10-9-15-5-1-2-6-16(15)13-17)20-14-24-12-11-19-18-7-3-4-8-21(18)26-22(19)20/h1-10,13,20,24,26H,11-12,14H2,(H,25,27). The molecule has 134 valence electrons. The van der Waals surface area contributed by atoms with Crippen LogP contribution in [0.25, 0.3) is 21.7 Å². The highest BCUT2D eigenvalue weighted by molar-refractivity contribution is 5.99. The Labute approximate surface area is 157 Å². The van der Waals surface area contributed by atoms with E-state index in [0.717, 1.165) is 35.2 Å². The Balaban J connectivity index is 1.49. The first-order chi connectivity index (χ1) is 13.3. The lowest BCUT2D eigenvalue weighted by Gasteiger charge is -2.16. The molecule has 0 bridgehead atoms. The van der Waals surface area contributed by atoms with Crippen LogP contribution < -0.4 is 10.6 Å². The Morgan fingerprint density at radius 2 is 1.78 bits per heavy atom. The molecule has 1 aromatic heterocycles. The van der Waals surface area contributed by atoms with Gasteiger partial charge >= 0.3 is 0 Å². The van der Waals surface area contributed by atoms with Gasteiger partial charge in [-0.05, 0) is 47.5 Å². The number of hydrogen-bond acceptors (Lipinski definition) is 2. The summed E-state index contributed by atoms with van der Waals surface area (Å²) in [7, 11) is 0. The average molecular weight is 355 g/mol. The summed E-state index contributed by atoms with van der Waals surface area (Å²) in [4.78, 5) is 16.6. The quantitative estimate of drug-likeness (QED) is 0.505. The topological polar surface area (TPSA) is 56.9 Å². The Bertz CT molecular complexity index is 1140. The normalized spacial score (nSPS) is 16.8. The summed E-state index contributed by atoms with van der Waals surface area (Å²) in [5.41, 5.74) is 4.24. The number of rotatable bonds is 2. The van der Waals surface area contributed by atoms with Crippen molar-refractivity contribution in [2.24, 2.45) is 0 Å². The summed E-state index contributed by atoms with van der Waals surface area (Å²) in [6.45, 7) is 1.52. The Hall–Kier alpha value is -3.11. The number of para-hydroxylation sites is 1. The molecule has 0 spiro atoms. The number of nitrogens with one attached hydrogen (secondary N) is 3. The maximum absolute atomic E-state index is 13.1. The lowest BCUT2D eigenvalue weighted by Crippen LogP contribution is -2.30. The van der Waals surface area contributed by atoms with Crippen LogP contribution in [0.3, 0.4) is 0 Å². The number of fused-ring (bicyclic) bond motifs is 4. The van der Waals surface area contributed by atoms with E-state index in [-0.39, 0.29) is 11.8 Å². The molecular formula is C23H21N3O. The van der Waals surface area contributed by atoms with Crippen LogP contribution >= 0.6 is 0 Å². The van der Waals surface area contributed by atoms with E-state index in [9.17, 15) is 4.79 Å². The van der Waals surface area contributed by atoms with Crippen LogP contribution in [0.1, 0.15) is 17.2 Å². The van der Waals surface area contributed by atoms with Crippen LogP contribution in [0, 0.1) is 0 Å². The maximum Gasteiger partial charge on any atom is 0.234 e. The van der Waals surface area contributed by atoms with Crippen molar-refractivity contribution in [3.8, 4) is 0 Å². The lowest BCUT2D eigenvalue weighted by atomic mass is 9.99. The first-order valence-electron chi connectivity index (χ1n) is 9.39. The number of carbonyl (C=O) groups is 1. The molecule has 27 heavy (non-hydrogen) atoms. The van der Waals surface area contributed by atoms with Crippen LogP contribution in [-0.2, 0) is 11.2 Å². The summed E-state index contributed by atoms with van der Waals surface area (Å²) < 4.78 is 0. The van der Waals surface area contributed by atoms with Crippen LogP contribution in [0.2, 0.25) is 0 Å².